The molecule has 0 unspecified atom stereocenters. The number of anilines is 1. The lowest BCUT2D eigenvalue weighted by atomic mass is 10.2. The third kappa shape index (κ3) is 4.58. The first-order chi connectivity index (χ1) is 13.3. The fraction of sp³-hybridized carbons (Fsp3) is 0.333. The van der Waals surface area contributed by atoms with Crippen LogP contribution >= 0.6 is 0 Å². The maximum absolute atomic E-state index is 5.99. The van der Waals surface area contributed by atoms with Gasteiger partial charge in [0.1, 0.15) is 11.9 Å². The van der Waals surface area contributed by atoms with Crippen molar-refractivity contribution in [2.24, 2.45) is 0 Å². The Morgan fingerprint density at radius 2 is 1.85 bits per heavy atom. The van der Waals surface area contributed by atoms with Crippen LogP contribution in [0.3, 0.4) is 0 Å². The first-order valence-electron chi connectivity index (χ1n) is 9.38. The SMILES string of the molecule is Cc1cc(NCc2ccnc(OC3CCCC3)c2)nc(-c2ccncc2)n1. The molecule has 0 aromatic carbocycles. The highest BCUT2D eigenvalue weighted by atomic mass is 16.5. The van der Waals surface area contributed by atoms with E-state index in [1.807, 2.05) is 37.3 Å². The quantitative estimate of drug-likeness (QED) is 0.710. The topological polar surface area (TPSA) is 72.8 Å². The summed E-state index contributed by atoms with van der Waals surface area (Å²) in [6.45, 7) is 2.62. The number of ether oxygens (including phenoxy) is 1. The second-order valence-electron chi connectivity index (χ2n) is 6.83. The van der Waals surface area contributed by atoms with E-state index < -0.39 is 0 Å². The van der Waals surface area contributed by atoms with Crippen LogP contribution in [0.25, 0.3) is 11.4 Å². The number of nitrogens with one attached hydrogen (secondary N) is 1. The summed E-state index contributed by atoms with van der Waals surface area (Å²) >= 11 is 0. The molecule has 0 spiro atoms. The number of hydrogen-bond acceptors (Lipinski definition) is 6. The third-order valence-corrected chi connectivity index (χ3v) is 4.66. The van der Waals surface area contributed by atoms with Crippen LogP contribution < -0.4 is 10.1 Å². The van der Waals surface area contributed by atoms with Gasteiger partial charge in [-0.25, -0.2) is 15.0 Å². The number of nitrogens with zero attached hydrogens (tertiary/aromatic N) is 4. The van der Waals surface area contributed by atoms with Crippen LogP contribution in [0.5, 0.6) is 5.88 Å². The second kappa shape index (κ2) is 8.12. The van der Waals surface area contributed by atoms with E-state index in [-0.39, 0.29) is 0 Å². The average molecular weight is 361 g/mol. The van der Waals surface area contributed by atoms with Crippen molar-refractivity contribution in [3.63, 3.8) is 0 Å². The predicted octanol–water partition coefficient (Wildman–Crippen LogP) is 4.18. The lowest BCUT2D eigenvalue weighted by Gasteiger charge is -2.13. The van der Waals surface area contributed by atoms with E-state index in [0.717, 1.165) is 35.5 Å². The van der Waals surface area contributed by atoms with Gasteiger partial charge < -0.3 is 10.1 Å². The van der Waals surface area contributed by atoms with E-state index in [1.165, 1.54) is 12.8 Å². The molecular weight excluding hydrogens is 338 g/mol. The summed E-state index contributed by atoms with van der Waals surface area (Å²) in [6, 6.07) is 9.76. The molecule has 27 heavy (non-hydrogen) atoms. The molecule has 1 aliphatic carbocycles. The molecule has 0 saturated heterocycles. The van der Waals surface area contributed by atoms with Crippen molar-refractivity contribution in [1.82, 2.24) is 19.9 Å². The molecule has 0 aliphatic heterocycles. The van der Waals surface area contributed by atoms with Crippen LogP contribution in [0, 0.1) is 6.92 Å². The molecular formula is C21H23N5O. The molecule has 0 bridgehead atoms. The minimum absolute atomic E-state index is 0.313. The van der Waals surface area contributed by atoms with Crippen molar-refractivity contribution < 1.29 is 4.74 Å². The first-order valence-corrected chi connectivity index (χ1v) is 9.38. The summed E-state index contributed by atoms with van der Waals surface area (Å²) < 4.78 is 5.99. The average Bonchev–Trinajstić information content (AvgIpc) is 3.20. The maximum atomic E-state index is 5.99. The number of rotatable bonds is 6. The molecule has 1 fully saturated rings. The van der Waals surface area contributed by atoms with E-state index >= 15 is 0 Å². The van der Waals surface area contributed by atoms with E-state index in [2.05, 4.69) is 25.3 Å². The Labute approximate surface area is 159 Å². The van der Waals surface area contributed by atoms with Crippen molar-refractivity contribution in [3.8, 4) is 17.3 Å². The van der Waals surface area contributed by atoms with Crippen LogP contribution in [-0.2, 0) is 6.54 Å². The fourth-order valence-corrected chi connectivity index (χ4v) is 3.28. The van der Waals surface area contributed by atoms with Crippen LogP contribution in [0.1, 0.15) is 36.9 Å². The molecule has 6 nitrogen and oxygen atoms in total. The van der Waals surface area contributed by atoms with Crippen molar-refractivity contribution >= 4 is 5.82 Å². The zero-order valence-corrected chi connectivity index (χ0v) is 15.4. The smallest absolute Gasteiger partial charge is 0.213 e. The lowest BCUT2D eigenvalue weighted by molar-refractivity contribution is 0.201. The molecule has 0 amide bonds. The highest BCUT2D eigenvalue weighted by molar-refractivity contribution is 5.56. The molecule has 1 saturated carbocycles. The highest BCUT2D eigenvalue weighted by Crippen LogP contribution is 2.23. The predicted molar refractivity (Wildman–Crippen MR) is 104 cm³/mol. The van der Waals surface area contributed by atoms with Crippen LogP contribution in [0.15, 0.2) is 48.9 Å². The molecule has 3 aromatic rings. The maximum Gasteiger partial charge on any atom is 0.213 e. The number of hydrogen-bond donors (Lipinski definition) is 1. The monoisotopic (exact) mass is 361 g/mol. The van der Waals surface area contributed by atoms with Crippen LogP contribution in [0.4, 0.5) is 5.82 Å². The Kier molecular flexibility index (Phi) is 5.23. The second-order valence-corrected chi connectivity index (χ2v) is 6.83. The molecule has 1 N–H and O–H groups in total. The Balaban J connectivity index is 1.45. The summed E-state index contributed by atoms with van der Waals surface area (Å²) in [5, 5.41) is 3.38. The summed E-state index contributed by atoms with van der Waals surface area (Å²) in [4.78, 5) is 17.5. The van der Waals surface area contributed by atoms with Gasteiger partial charge in [-0.1, -0.05) is 0 Å². The van der Waals surface area contributed by atoms with Crippen LogP contribution in [0.2, 0.25) is 0 Å². The van der Waals surface area contributed by atoms with Gasteiger partial charge in [0.2, 0.25) is 5.88 Å². The Hall–Kier alpha value is -3.02. The zero-order chi connectivity index (χ0) is 18.5. The summed E-state index contributed by atoms with van der Waals surface area (Å²) in [7, 11) is 0. The van der Waals surface area contributed by atoms with E-state index in [0.29, 0.717) is 24.4 Å². The van der Waals surface area contributed by atoms with Gasteiger partial charge in [-0.05, 0) is 56.4 Å². The fourth-order valence-electron chi connectivity index (χ4n) is 3.28. The molecule has 0 atom stereocenters. The molecule has 3 heterocycles. The molecule has 4 rings (SSSR count). The van der Waals surface area contributed by atoms with Gasteiger partial charge in [0, 0.05) is 48.5 Å². The van der Waals surface area contributed by atoms with E-state index in [1.54, 1.807) is 18.6 Å². The Morgan fingerprint density at radius 3 is 2.67 bits per heavy atom. The number of aryl methyl sites for hydroxylation is 1. The van der Waals surface area contributed by atoms with Gasteiger partial charge in [0.25, 0.3) is 0 Å². The third-order valence-electron chi connectivity index (χ3n) is 4.66. The van der Waals surface area contributed by atoms with Gasteiger partial charge in [0.15, 0.2) is 5.82 Å². The first kappa shape index (κ1) is 17.4. The number of pyridine rings is 2. The zero-order valence-electron chi connectivity index (χ0n) is 15.4. The normalized spacial score (nSPS) is 14.3. The van der Waals surface area contributed by atoms with Crippen molar-refractivity contribution in [2.75, 3.05) is 5.32 Å². The minimum atomic E-state index is 0.313. The van der Waals surface area contributed by atoms with Crippen molar-refractivity contribution in [3.05, 3.63) is 60.2 Å². The Bertz CT molecular complexity index is 894. The van der Waals surface area contributed by atoms with Gasteiger partial charge in [-0.15, -0.1) is 0 Å². The Morgan fingerprint density at radius 1 is 1.04 bits per heavy atom. The van der Waals surface area contributed by atoms with Crippen LogP contribution in [-0.4, -0.2) is 26.0 Å². The number of aromatic nitrogens is 4. The summed E-state index contributed by atoms with van der Waals surface area (Å²) in [5.41, 5.74) is 2.98. The van der Waals surface area contributed by atoms with Gasteiger partial charge >= 0.3 is 0 Å². The molecule has 1 aliphatic rings. The van der Waals surface area contributed by atoms with Crippen molar-refractivity contribution in [1.29, 1.82) is 0 Å². The highest BCUT2D eigenvalue weighted by Gasteiger charge is 2.17. The van der Waals surface area contributed by atoms with E-state index in [4.69, 9.17) is 4.74 Å². The summed E-state index contributed by atoms with van der Waals surface area (Å²) in [5.74, 6) is 2.20. The van der Waals surface area contributed by atoms with Crippen molar-refractivity contribution in [2.45, 2.75) is 45.3 Å². The standard InChI is InChI=1S/C21H23N5O/c1-15-12-19(26-21(25-15)17-7-9-22-10-8-17)24-14-16-6-11-23-20(13-16)27-18-4-2-3-5-18/h6-13,18H,2-5,14H2,1H3,(H,24,25,26). The van der Waals surface area contributed by atoms with Gasteiger partial charge in [-0.3, -0.25) is 4.98 Å². The van der Waals surface area contributed by atoms with Gasteiger partial charge in [0.05, 0.1) is 0 Å². The minimum Gasteiger partial charge on any atom is -0.474 e. The van der Waals surface area contributed by atoms with Gasteiger partial charge in [-0.2, -0.15) is 0 Å². The molecule has 6 heteroatoms. The molecule has 3 aromatic heterocycles. The lowest BCUT2D eigenvalue weighted by Crippen LogP contribution is -2.12. The summed E-state index contributed by atoms with van der Waals surface area (Å²) in [6.07, 6.45) is 10.4. The largest absolute Gasteiger partial charge is 0.474 e. The van der Waals surface area contributed by atoms with E-state index in [9.17, 15) is 0 Å². The molecule has 138 valence electrons. The molecule has 0 radical (unpaired) electrons.